The van der Waals surface area contributed by atoms with Crippen LogP contribution in [0.15, 0.2) is 18.6 Å². The molecule has 80 valence electrons. The number of aromatic nitrogens is 3. The van der Waals surface area contributed by atoms with Gasteiger partial charge in [-0.15, -0.1) is 0 Å². The molecule has 0 aliphatic carbocycles. The second-order valence-corrected chi connectivity index (χ2v) is 3.53. The van der Waals surface area contributed by atoms with Crippen LogP contribution in [0.5, 0.6) is 0 Å². The number of fused-ring (bicyclic) bond motifs is 1. The molecule has 0 fully saturated rings. The molecule has 2 heterocycles. The fraction of sp³-hybridized carbons (Fsp3) is 0.400. The topological polar surface area (TPSA) is 65.0 Å². The van der Waals surface area contributed by atoms with Gasteiger partial charge in [-0.3, -0.25) is 4.90 Å². The van der Waals surface area contributed by atoms with E-state index in [4.69, 9.17) is 5.11 Å². The average Bonchev–Trinajstić information content (AvgIpc) is 2.67. The summed E-state index contributed by atoms with van der Waals surface area (Å²) in [5.41, 5.74) is 2.86. The quantitative estimate of drug-likeness (QED) is 0.759. The van der Waals surface area contributed by atoms with Gasteiger partial charge in [-0.05, 0) is 18.7 Å². The van der Waals surface area contributed by atoms with Crippen molar-refractivity contribution in [3.63, 3.8) is 0 Å². The molecular formula is C10H14N4O. The van der Waals surface area contributed by atoms with E-state index in [1.807, 2.05) is 13.1 Å². The molecule has 2 aromatic heterocycles. The van der Waals surface area contributed by atoms with Crippen LogP contribution in [0.4, 0.5) is 0 Å². The van der Waals surface area contributed by atoms with Gasteiger partial charge in [-0.1, -0.05) is 0 Å². The molecule has 2 rings (SSSR count). The number of aromatic amines is 1. The molecule has 0 atom stereocenters. The number of likely N-dealkylation sites (N-methyl/N-ethyl adjacent to an activating group) is 1. The number of pyridine rings is 1. The maximum Gasteiger partial charge on any atom is 0.177 e. The summed E-state index contributed by atoms with van der Waals surface area (Å²) in [5.74, 6) is 0. The van der Waals surface area contributed by atoms with Crippen LogP contribution in [0.3, 0.4) is 0 Å². The number of hydrogen-bond acceptors (Lipinski definition) is 4. The van der Waals surface area contributed by atoms with Crippen LogP contribution in [0, 0.1) is 0 Å². The van der Waals surface area contributed by atoms with E-state index >= 15 is 0 Å². The Hall–Kier alpha value is -1.46. The molecule has 0 saturated carbocycles. The molecule has 0 bridgehead atoms. The first-order valence-corrected chi connectivity index (χ1v) is 4.87. The highest BCUT2D eigenvalue weighted by Crippen LogP contribution is 2.13. The van der Waals surface area contributed by atoms with E-state index in [-0.39, 0.29) is 6.61 Å². The highest BCUT2D eigenvalue weighted by Gasteiger charge is 2.06. The normalized spacial score (nSPS) is 11.4. The number of aliphatic hydroxyl groups excluding tert-OH is 1. The first-order valence-electron chi connectivity index (χ1n) is 4.87. The molecule has 2 N–H and O–H groups in total. The van der Waals surface area contributed by atoms with Crippen LogP contribution in [-0.2, 0) is 6.54 Å². The summed E-state index contributed by atoms with van der Waals surface area (Å²) in [6, 6.07) is 1.97. The Balaban J connectivity index is 2.23. The lowest BCUT2D eigenvalue weighted by Crippen LogP contribution is -2.21. The zero-order valence-electron chi connectivity index (χ0n) is 8.64. The van der Waals surface area contributed by atoms with E-state index in [0.29, 0.717) is 6.54 Å². The Kier molecular flexibility index (Phi) is 2.94. The van der Waals surface area contributed by atoms with Crippen molar-refractivity contribution in [1.82, 2.24) is 19.9 Å². The van der Waals surface area contributed by atoms with E-state index in [2.05, 4.69) is 19.9 Å². The van der Waals surface area contributed by atoms with Gasteiger partial charge in [-0.25, -0.2) is 9.97 Å². The molecule has 0 aromatic carbocycles. The fourth-order valence-electron chi connectivity index (χ4n) is 1.57. The number of hydrogen-bond donors (Lipinski definition) is 2. The van der Waals surface area contributed by atoms with Crippen molar-refractivity contribution in [2.75, 3.05) is 20.2 Å². The van der Waals surface area contributed by atoms with Crippen molar-refractivity contribution in [1.29, 1.82) is 0 Å². The third-order valence-corrected chi connectivity index (χ3v) is 2.33. The van der Waals surface area contributed by atoms with Gasteiger partial charge in [0, 0.05) is 19.3 Å². The molecule has 2 aromatic rings. The largest absolute Gasteiger partial charge is 0.395 e. The lowest BCUT2D eigenvalue weighted by Gasteiger charge is -2.14. The second kappa shape index (κ2) is 4.37. The van der Waals surface area contributed by atoms with Crippen molar-refractivity contribution in [3.8, 4) is 0 Å². The van der Waals surface area contributed by atoms with E-state index < -0.39 is 0 Å². The van der Waals surface area contributed by atoms with Crippen molar-refractivity contribution < 1.29 is 5.11 Å². The first-order chi connectivity index (χ1) is 7.31. The van der Waals surface area contributed by atoms with Crippen LogP contribution in [0.25, 0.3) is 11.2 Å². The Morgan fingerprint density at radius 3 is 3.13 bits per heavy atom. The third kappa shape index (κ3) is 2.14. The molecule has 5 nitrogen and oxygen atoms in total. The molecule has 0 saturated heterocycles. The van der Waals surface area contributed by atoms with E-state index in [1.165, 1.54) is 0 Å². The van der Waals surface area contributed by atoms with Crippen LogP contribution in [0.2, 0.25) is 0 Å². The average molecular weight is 206 g/mol. The van der Waals surface area contributed by atoms with Gasteiger partial charge >= 0.3 is 0 Å². The number of aliphatic hydroxyl groups is 1. The minimum atomic E-state index is 0.174. The zero-order chi connectivity index (χ0) is 10.7. The Morgan fingerprint density at radius 2 is 2.33 bits per heavy atom. The van der Waals surface area contributed by atoms with E-state index in [1.54, 1.807) is 12.5 Å². The maximum atomic E-state index is 8.81. The smallest absolute Gasteiger partial charge is 0.177 e. The van der Waals surface area contributed by atoms with E-state index in [0.717, 1.165) is 23.3 Å². The lowest BCUT2D eigenvalue weighted by molar-refractivity contribution is 0.217. The molecule has 15 heavy (non-hydrogen) atoms. The third-order valence-electron chi connectivity index (χ3n) is 2.33. The van der Waals surface area contributed by atoms with Crippen molar-refractivity contribution in [2.24, 2.45) is 0 Å². The summed E-state index contributed by atoms with van der Waals surface area (Å²) in [5, 5.41) is 8.81. The van der Waals surface area contributed by atoms with Gasteiger partial charge < -0.3 is 10.1 Å². The monoisotopic (exact) mass is 206 g/mol. The van der Waals surface area contributed by atoms with Gasteiger partial charge in [0.2, 0.25) is 0 Å². The summed E-state index contributed by atoms with van der Waals surface area (Å²) < 4.78 is 0. The predicted molar refractivity (Wildman–Crippen MR) is 57.3 cm³/mol. The van der Waals surface area contributed by atoms with Crippen LogP contribution in [0.1, 0.15) is 5.56 Å². The number of nitrogens with zero attached hydrogens (tertiary/aromatic N) is 3. The maximum absolute atomic E-state index is 8.81. The number of rotatable bonds is 4. The predicted octanol–water partition coefficient (Wildman–Crippen LogP) is 0.382. The van der Waals surface area contributed by atoms with Crippen molar-refractivity contribution in [3.05, 3.63) is 24.2 Å². The standard InChI is InChI=1S/C10H14N4O/c1-14(4-5-15)6-8-2-3-11-10-9(8)12-7-13-10/h2-3,7,15H,4-6H2,1H3,(H,11,12,13). The Bertz CT molecular complexity index is 440. The summed E-state index contributed by atoms with van der Waals surface area (Å²) in [4.78, 5) is 13.4. The highest BCUT2D eigenvalue weighted by atomic mass is 16.3. The molecule has 0 aliphatic heterocycles. The molecular weight excluding hydrogens is 192 g/mol. The summed E-state index contributed by atoms with van der Waals surface area (Å²) in [7, 11) is 1.97. The fourth-order valence-corrected chi connectivity index (χ4v) is 1.57. The molecule has 0 unspecified atom stereocenters. The van der Waals surface area contributed by atoms with Crippen LogP contribution < -0.4 is 0 Å². The summed E-state index contributed by atoms with van der Waals surface area (Å²) in [6.45, 7) is 1.62. The molecule has 0 amide bonds. The lowest BCUT2D eigenvalue weighted by atomic mass is 10.2. The summed E-state index contributed by atoms with van der Waals surface area (Å²) in [6.07, 6.45) is 3.40. The van der Waals surface area contributed by atoms with Crippen LogP contribution >= 0.6 is 0 Å². The zero-order valence-corrected chi connectivity index (χ0v) is 8.64. The number of H-pyrrole nitrogens is 1. The Labute approximate surface area is 87.8 Å². The molecule has 0 radical (unpaired) electrons. The first kappa shape index (κ1) is 10.1. The van der Waals surface area contributed by atoms with Gasteiger partial charge in [-0.2, -0.15) is 0 Å². The highest BCUT2D eigenvalue weighted by molar-refractivity contribution is 5.73. The van der Waals surface area contributed by atoms with E-state index in [9.17, 15) is 0 Å². The number of imidazole rings is 1. The van der Waals surface area contributed by atoms with Gasteiger partial charge in [0.05, 0.1) is 18.5 Å². The van der Waals surface area contributed by atoms with Crippen molar-refractivity contribution in [2.45, 2.75) is 6.54 Å². The van der Waals surface area contributed by atoms with Gasteiger partial charge in [0.25, 0.3) is 0 Å². The molecule has 5 heteroatoms. The molecule has 0 aliphatic rings. The Morgan fingerprint density at radius 1 is 1.47 bits per heavy atom. The minimum Gasteiger partial charge on any atom is -0.395 e. The summed E-state index contributed by atoms with van der Waals surface area (Å²) >= 11 is 0. The number of nitrogens with one attached hydrogen (secondary N) is 1. The van der Waals surface area contributed by atoms with Gasteiger partial charge in [0.15, 0.2) is 5.65 Å². The SMILES string of the molecule is CN(CCO)Cc1ccnc2nc[nH]c12. The second-order valence-electron chi connectivity index (χ2n) is 3.53. The minimum absolute atomic E-state index is 0.174. The van der Waals surface area contributed by atoms with Crippen LogP contribution in [-0.4, -0.2) is 45.2 Å². The van der Waals surface area contributed by atoms with Crippen molar-refractivity contribution >= 4 is 11.2 Å². The van der Waals surface area contributed by atoms with Gasteiger partial charge in [0.1, 0.15) is 0 Å². The molecule has 0 spiro atoms.